The van der Waals surface area contributed by atoms with Crippen LogP contribution < -0.4 is 5.56 Å². The van der Waals surface area contributed by atoms with E-state index in [0.717, 1.165) is 4.47 Å². The highest BCUT2D eigenvalue weighted by Crippen LogP contribution is 2.25. The van der Waals surface area contributed by atoms with Crippen molar-refractivity contribution in [1.82, 2.24) is 9.66 Å². The molecule has 0 fully saturated rings. The zero-order chi connectivity index (χ0) is 22.1. The van der Waals surface area contributed by atoms with Crippen LogP contribution in [0.5, 0.6) is 0 Å². The largest absolute Gasteiger partial charge is 0.478 e. The van der Waals surface area contributed by atoms with Gasteiger partial charge in [0.15, 0.2) is 0 Å². The molecule has 31 heavy (non-hydrogen) atoms. The number of carboxylic acids is 1. The highest BCUT2D eigenvalue weighted by atomic mass is 79.9. The molecule has 4 rings (SSSR count). The van der Waals surface area contributed by atoms with E-state index in [0.29, 0.717) is 33.8 Å². The van der Waals surface area contributed by atoms with Gasteiger partial charge < -0.3 is 9.52 Å². The second-order valence-electron chi connectivity index (χ2n) is 7.20. The lowest BCUT2D eigenvalue weighted by molar-refractivity contribution is 0.0697. The van der Waals surface area contributed by atoms with Gasteiger partial charge in [-0.05, 0) is 36.4 Å². The third kappa shape index (κ3) is 4.06. The van der Waals surface area contributed by atoms with Gasteiger partial charge in [0.2, 0.25) is 0 Å². The predicted octanol–water partition coefficient (Wildman–Crippen LogP) is 5.12. The van der Waals surface area contributed by atoms with Crippen molar-refractivity contribution in [2.75, 3.05) is 0 Å². The first-order valence-electron chi connectivity index (χ1n) is 9.54. The Balaban J connectivity index is 1.76. The molecule has 2 aromatic heterocycles. The Hall–Kier alpha value is -3.52. The van der Waals surface area contributed by atoms with Crippen LogP contribution in [0.1, 0.15) is 41.7 Å². The predicted molar refractivity (Wildman–Crippen MR) is 122 cm³/mol. The van der Waals surface area contributed by atoms with E-state index in [1.165, 1.54) is 17.0 Å². The highest BCUT2D eigenvalue weighted by molar-refractivity contribution is 9.10. The maximum atomic E-state index is 13.1. The van der Waals surface area contributed by atoms with Crippen LogP contribution >= 0.6 is 15.9 Å². The van der Waals surface area contributed by atoms with E-state index in [-0.39, 0.29) is 17.0 Å². The number of fused-ring (bicyclic) bond motifs is 1. The van der Waals surface area contributed by atoms with Gasteiger partial charge in [-0.25, -0.2) is 9.78 Å². The van der Waals surface area contributed by atoms with Gasteiger partial charge in [-0.15, -0.1) is 0 Å². The number of aromatic carboxylic acids is 1. The molecule has 7 nitrogen and oxygen atoms in total. The summed E-state index contributed by atoms with van der Waals surface area (Å²) in [4.78, 5) is 29.1. The topological polar surface area (TPSA) is 97.7 Å². The summed E-state index contributed by atoms with van der Waals surface area (Å²) >= 11 is 3.38. The number of carboxylic acid groups (broad SMARTS) is 1. The number of furan rings is 1. The van der Waals surface area contributed by atoms with Crippen molar-refractivity contribution in [3.8, 4) is 11.3 Å². The van der Waals surface area contributed by atoms with Crippen molar-refractivity contribution in [3.05, 3.63) is 86.6 Å². The Morgan fingerprint density at radius 1 is 1.19 bits per heavy atom. The Labute approximate surface area is 185 Å². The van der Waals surface area contributed by atoms with Crippen molar-refractivity contribution < 1.29 is 14.3 Å². The first-order valence-corrected chi connectivity index (χ1v) is 10.3. The van der Waals surface area contributed by atoms with Crippen LogP contribution in [0.25, 0.3) is 22.2 Å². The van der Waals surface area contributed by atoms with Crippen molar-refractivity contribution in [3.63, 3.8) is 0 Å². The Morgan fingerprint density at radius 3 is 2.71 bits per heavy atom. The lowest BCUT2D eigenvalue weighted by Gasteiger charge is -2.11. The van der Waals surface area contributed by atoms with E-state index in [1.54, 1.807) is 42.5 Å². The number of hydrogen-bond donors (Lipinski definition) is 1. The quantitative estimate of drug-likeness (QED) is 0.400. The van der Waals surface area contributed by atoms with Crippen molar-refractivity contribution >= 4 is 39.0 Å². The lowest BCUT2D eigenvalue weighted by Crippen LogP contribution is -2.23. The molecule has 156 valence electrons. The summed E-state index contributed by atoms with van der Waals surface area (Å²) in [5, 5.41) is 14.2. The molecule has 0 aliphatic heterocycles. The van der Waals surface area contributed by atoms with Gasteiger partial charge in [0.1, 0.15) is 17.3 Å². The Morgan fingerprint density at radius 2 is 1.97 bits per heavy atom. The average molecular weight is 480 g/mol. The van der Waals surface area contributed by atoms with Gasteiger partial charge in [0, 0.05) is 16.0 Å². The molecule has 4 aromatic rings. The number of hydrogen-bond acceptors (Lipinski definition) is 5. The molecule has 0 amide bonds. The van der Waals surface area contributed by atoms with Crippen molar-refractivity contribution in [1.29, 1.82) is 0 Å². The van der Waals surface area contributed by atoms with E-state index in [9.17, 15) is 14.7 Å². The number of aromatic nitrogens is 2. The minimum absolute atomic E-state index is 0.0347. The molecule has 0 radical (unpaired) electrons. The molecule has 1 N–H and O–H groups in total. The van der Waals surface area contributed by atoms with E-state index in [4.69, 9.17) is 4.42 Å². The smallest absolute Gasteiger partial charge is 0.336 e. The fourth-order valence-corrected chi connectivity index (χ4v) is 3.58. The third-order valence-electron chi connectivity index (χ3n) is 4.70. The average Bonchev–Trinajstić information content (AvgIpc) is 3.22. The molecule has 0 saturated carbocycles. The normalized spacial score (nSPS) is 11.6. The fourth-order valence-electron chi connectivity index (χ4n) is 3.22. The fraction of sp³-hybridized carbons (Fsp3) is 0.130. The molecule has 0 bridgehead atoms. The summed E-state index contributed by atoms with van der Waals surface area (Å²) in [7, 11) is 0. The summed E-state index contributed by atoms with van der Waals surface area (Å²) in [6.45, 7) is 3.87. The monoisotopic (exact) mass is 479 g/mol. The second-order valence-corrected chi connectivity index (χ2v) is 8.12. The SMILES string of the molecule is CC(C)c1nc2ccc(Br)cc2c(=O)n1N=Cc1ccc(-c2ccccc2C(=O)O)o1. The molecule has 0 aliphatic carbocycles. The lowest BCUT2D eigenvalue weighted by atomic mass is 10.1. The van der Waals surface area contributed by atoms with Gasteiger partial charge in [-0.2, -0.15) is 9.78 Å². The summed E-state index contributed by atoms with van der Waals surface area (Å²) in [6.07, 6.45) is 1.42. The first kappa shape index (κ1) is 20.7. The Kier molecular flexibility index (Phi) is 5.56. The van der Waals surface area contributed by atoms with Gasteiger partial charge in [-0.3, -0.25) is 4.79 Å². The standard InChI is InChI=1S/C23H18BrN3O4/c1-13(2)21-26-19-9-7-14(24)11-18(19)22(28)27(21)25-12-15-8-10-20(31-15)16-5-3-4-6-17(16)23(29)30/h3-13H,1-2H3,(H,29,30). The molecule has 0 aliphatic rings. The second kappa shape index (κ2) is 8.31. The molecule has 0 spiro atoms. The third-order valence-corrected chi connectivity index (χ3v) is 5.19. The van der Waals surface area contributed by atoms with Crippen LogP contribution in [-0.2, 0) is 0 Å². The maximum Gasteiger partial charge on any atom is 0.336 e. The van der Waals surface area contributed by atoms with E-state index in [1.807, 2.05) is 19.9 Å². The number of carbonyl (C=O) groups is 1. The van der Waals surface area contributed by atoms with Crippen molar-refractivity contribution in [2.45, 2.75) is 19.8 Å². The van der Waals surface area contributed by atoms with Crippen LogP contribution in [0.4, 0.5) is 0 Å². The van der Waals surface area contributed by atoms with Gasteiger partial charge in [0.25, 0.3) is 5.56 Å². The number of halogens is 1. The molecular formula is C23H18BrN3O4. The summed E-state index contributed by atoms with van der Waals surface area (Å²) < 4.78 is 7.82. The van der Waals surface area contributed by atoms with Crippen LogP contribution in [0.2, 0.25) is 0 Å². The maximum absolute atomic E-state index is 13.1. The van der Waals surface area contributed by atoms with Crippen LogP contribution in [-0.4, -0.2) is 27.0 Å². The minimum atomic E-state index is -1.04. The molecule has 0 unspecified atom stereocenters. The van der Waals surface area contributed by atoms with Gasteiger partial charge >= 0.3 is 5.97 Å². The summed E-state index contributed by atoms with van der Waals surface area (Å²) in [5.41, 5.74) is 0.929. The van der Waals surface area contributed by atoms with Gasteiger partial charge in [-0.1, -0.05) is 48.0 Å². The number of rotatable bonds is 5. The highest BCUT2D eigenvalue weighted by Gasteiger charge is 2.15. The molecule has 0 atom stereocenters. The van der Waals surface area contributed by atoms with Crippen LogP contribution in [0.3, 0.4) is 0 Å². The number of benzene rings is 2. The molecule has 2 heterocycles. The van der Waals surface area contributed by atoms with E-state index < -0.39 is 5.97 Å². The van der Waals surface area contributed by atoms with Crippen molar-refractivity contribution in [2.24, 2.45) is 5.10 Å². The zero-order valence-electron chi connectivity index (χ0n) is 16.7. The van der Waals surface area contributed by atoms with E-state index >= 15 is 0 Å². The summed E-state index contributed by atoms with van der Waals surface area (Å²) in [5.74, 6) is 0.234. The minimum Gasteiger partial charge on any atom is -0.478 e. The molecule has 2 aromatic carbocycles. The molecule has 8 heteroatoms. The van der Waals surface area contributed by atoms with Crippen LogP contribution in [0.15, 0.2) is 73.4 Å². The Bertz CT molecular complexity index is 1390. The summed E-state index contributed by atoms with van der Waals surface area (Å²) in [6, 6.07) is 15.3. The molecular weight excluding hydrogens is 462 g/mol. The van der Waals surface area contributed by atoms with Gasteiger partial charge in [0.05, 0.1) is 22.7 Å². The number of nitrogens with zero attached hydrogens (tertiary/aromatic N) is 3. The first-order chi connectivity index (χ1) is 14.8. The van der Waals surface area contributed by atoms with E-state index in [2.05, 4.69) is 26.0 Å². The van der Waals surface area contributed by atoms with Crippen LogP contribution in [0, 0.1) is 0 Å². The molecule has 0 saturated heterocycles. The zero-order valence-corrected chi connectivity index (χ0v) is 18.3.